The Morgan fingerprint density at radius 3 is 2.29 bits per heavy atom. The van der Waals surface area contributed by atoms with Crippen molar-refractivity contribution < 1.29 is 24.2 Å². The van der Waals surface area contributed by atoms with E-state index in [1.807, 2.05) is 72.8 Å². The molecule has 1 saturated carbocycles. The van der Waals surface area contributed by atoms with Gasteiger partial charge in [-0.15, -0.1) is 6.58 Å². The number of nitrogens with zero attached hydrogens (tertiary/aromatic N) is 1. The number of ether oxygens (including phenoxy) is 2. The van der Waals surface area contributed by atoms with Gasteiger partial charge in [0.1, 0.15) is 12.2 Å². The summed E-state index contributed by atoms with van der Waals surface area (Å²) in [7, 11) is 0. The van der Waals surface area contributed by atoms with Crippen LogP contribution in [0.1, 0.15) is 81.2 Å². The van der Waals surface area contributed by atoms with E-state index < -0.39 is 35.5 Å². The van der Waals surface area contributed by atoms with Crippen LogP contribution in [-0.2, 0) is 34.5 Å². The maximum absolute atomic E-state index is 13.9. The van der Waals surface area contributed by atoms with E-state index >= 15 is 0 Å². The Kier molecular flexibility index (Phi) is 11.1. The Bertz CT molecular complexity index is 1440. The molecule has 4 rings (SSSR count). The van der Waals surface area contributed by atoms with Gasteiger partial charge in [-0.1, -0.05) is 98.8 Å². The summed E-state index contributed by atoms with van der Waals surface area (Å²) >= 11 is 0. The largest absolute Gasteiger partial charge is 0.445 e. The van der Waals surface area contributed by atoms with Crippen molar-refractivity contribution in [2.24, 2.45) is 0 Å². The van der Waals surface area contributed by atoms with Crippen LogP contribution in [0.5, 0.6) is 0 Å². The summed E-state index contributed by atoms with van der Waals surface area (Å²) in [5.41, 5.74) is 3.78. The van der Waals surface area contributed by atoms with Crippen molar-refractivity contribution in [1.29, 1.82) is 0 Å². The van der Waals surface area contributed by atoms with Gasteiger partial charge in [0.15, 0.2) is 0 Å². The first-order valence-corrected chi connectivity index (χ1v) is 15.9. The van der Waals surface area contributed by atoms with Crippen LogP contribution >= 0.6 is 0 Å². The number of benzene rings is 3. The summed E-state index contributed by atoms with van der Waals surface area (Å²) in [6.45, 7) is 13.6. The zero-order valence-electron chi connectivity index (χ0n) is 27.3. The number of rotatable bonds is 13. The molecule has 1 fully saturated rings. The molecule has 0 heterocycles. The maximum Gasteiger partial charge on any atom is 0.410 e. The Balaban J connectivity index is 1.64. The number of amides is 2. The standard InChI is InChI=1S/C38H48N2O5/c1-7-13-28-16-11-17-30(22-28)23-33(39-35(42)45-37(4,5)6)34(41)25-40(36(43)44-26-29-14-9-8-10-15-29)38(20-21-38)32-19-12-18-31(24-32)27(2)3/h7-12,14-19,22,24,27,33-34,41H,1,13,20-21,23,25-26H2,2-6H3,(H,39,42)/t33-,34+/m0/s1. The number of hydrogen-bond donors (Lipinski definition) is 2. The number of carbonyl (C=O) groups is 2. The van der Waals surface area contributed by atoms with Crippen LogP contribution in [0.3, 0.4) is 0 Å². The Morgan fingerprint density at radius 2 is 1.64 bits per heavy atom. The van der Waals surface area contributed by atoms with E-state index in [4.69, 9.17) is 9.47 Å². The molecule has 3 aromatic rings. The summed E-state index contributed by atoms with van der Waals surface area (Å²) in [5, 5.41) is 14.7. The van der Waals surface area contributed by atoms with E-state index in [2.05, 4.69) is 37.9 Å². The molecule has 0 spiro atoms. The molecule has 45 heavy (non-hydrogen) atoms. The van der Waals surface area contributed by atoms with E-state index in [9.17, 15) is 14.7 Å². The van der Waals surface area contributed by atoms with Gasteiger partial charge in [-0.3, -0.25) is 4.90 Å². The van der Waals surface area contributed by atoms with Crippen molar-refractivity contribution in [3.63, 3.8) is 0 Å². The summed E-state index contributed by atoms with van der Waals surface area (Å²) < 4.78 is 11.4. The third-order valence-electron chi connectivity index (χ3n) is 8.12. The predicted octanol–water partition coefficient (Wildman–Crippen LogP) is 7.66. The number of aliphatic hydroxyl groups is 1. The van der Waals surface area contributed by atoms with Gasteiger partial charge in [-0.2, -0.15) is 0 Å². The molecular formula is C38H48N2O5. The SMILES string of the molecule is C=CCc1cccc(C[C@H](NC(=O)OC(C)(C)C)[C@H](O)CN(C(=O)OCc2ccccc2)C2(c3cccc(C(C)C)c3)CC2)c1. The normalized spacial score (nSPS) is 15.1. The first kappa shape index (κ1) is 33.8. The van der Waals surface area contributed by atoms with E-state index in [1.54, 1.807) is 25.7 Å². The fourth-order valence-corrected chi connectivity index (χ4v) is 5.60. The Hall–Kier alpha value is -4.10. The highest BCUT2D eigenvalue weighted by atomic mass is 16.6. The van der Waals surface area contributed by atoms with Crippen LogP contribution in [0.2, 0.25) is 0 Å². The van der Waals surface area contributed by atoms with Crippen molar-refractivity contribution in [2.45, 2.75) is 96.1 Å². The average Bonchev–Trinajstić information content (AvgIpc) is 3.80. The van der Waals surface area contributed by atoms with Gasteiger partial charge in [0.25, 0.3) is 0 Å². The van der Waals surface area contributed by atoms with Crippen molar-refractivity contribution in [2.75, 3.05) is 6.54 Å². The number of nitrogens with one attached hydrogen (secondary N) is 1. The molecule has 1 aliphatic rings. The van der Waals surface area contributed by atoms with Gasteiger partial charge in [0.05, 0.1) is 24.2 Å². The monoisotopic (exact) mass is 612 g/mol. The van der Waals surface area contributed by atoms with Crippen molar-refractivity contribution in [3.8, 4) is 0 Å². The highest BCUT2D eigenvalue weighted by molar-refractivity contribution is 5.71. The van der Waals surface area contributed by atoms with E-state index in [0.717, 1.165) is 35.1 Å². The molecule has 7 heteroatoms. The summed E-state index contributed by atoms with van der Waals surface area (Å²) in [5.74, 6) is 0.323. The lowest BCUT2D eigenvalue weighted by Gasteiger charge is -2.36. The summed E-state index contributed by atoms with van der Waals surface area (Å²) in [6.07, 6.45) is 2.13. The van der Waals surface area contributed by atoms with Gasteiger partial charge in [0, 0.05) is 0 Å². The van der Waals surface area contributed by atoms with Crippen LogP contribution in [0.4, 0.5) is 9.59 Å². The average molecular weight is 613 g/mol. The zero-order valence-corrected chi connectivity index (χ0v) is 27.3. The third-order valence-corrected chi connectivity index (χ3v) is 8.12. The molecule has 1 aliphatic carbocycles. The fraction of sp³-hybridized carbons (Fsp3) is 0.421. The second kappa shape index (κ2) is 14.8. The smallest absolute Gasteiger partial charge is 0.410 e. The highest BCUT2D eigenvalue weighted by Gasteiger charge is 2.53. The Labute approximate surface area is 268 Å². The topological polar surface area (TPSA) is 88.1 Å². The maximum atomic E-state index is 13.9. The van der Waals surface area contributed by atoms with Gasteiger partial charge in [-0.25, -0.2) is 9.59 Å². The highest BCUT2D eigenvalue weighted by Crippen LogP contribution is 2.52. The lowest BCUT2D eigenvalue weighted by atomic mass is 9.94. The second-order valence-electron chi connectivity index (χ2n) is 13.3. The van der Waals surface area contributed by atoms with Crippen LogP contribution in [0.15, 0.2) is 91.5 Å². The molecule has 2 N–H and O–H groups in total. The van der Waals surface area contributed by atoms with E-state index in [-0.39, 0.29) is 13.2 Å². The molecule has 3 aromatic carbocycles. The zero-order chi connectivity index (χ0) is 32.6. The van der Waals surface area contributed by atoms with Gasteiger partial charge in [-0.05, 0) is 80.2 Å². The summed E-state index contributed by atoms with van der Waals surface area (Å²) in [4.78, 5) is 28.6. The molecular weight excluding hydrogens is 564 g/mol. The molecule has 0 bridgehead atoms. The molecule has 2 atom stereocenters. The molecule has 0 unspecified atom stereocenters. The molecule has 0 saturated heterocycles. The number of aliphatic hydroxyl groups excluding tert-OH is 1. The predicted molar refractivity (Wildman–Crippen MR) is 178 cm³/mol. The second-order valence-corrected chi connectivity index (χ2v) is 13.3. The Morgan fingerprint density at radius 1 is 0.978 bits per heavy atom. The molecule has 7 nitrogen and oxygen atoms in total. The fourth-order valence-electron chi connectivity index (χ4n) is 5.60. The van der Waals surface area contributed by atoms with Gasteiger partial charge < -0.3 is 19.9 Å². The van der Waals surface area contributed by atoms with E-state index in [0.29, 0.717) is 18.8 Å². The minimum atomic E-state index is -1.12. The van der Waals surface area contributed by atoms with Gasteiger partial charge >= 0.3 is 12.2 Å². The number of hydrogen-bond acceptors (Lipinski definition) is 5. The van der Waals surface area contributed by atoms with Crippen LogP contribution < -0.4 is 5.32 Å². The first-order chi connectivity index (χ1) is 21.4. The molecule has 2 amide bonds. The van der Waals surface area contributed by atoms with Crippen molar-refractivity contribution >= 4 is 12.2 Å². The van der Waals surface area contributed by atoms with Gasteiger partial charge in [0.2, 0.25) is 0 Å². The van der Waals surface area contributed by atoms with Crippen molar-refractivity contribution in [3.05, 3.63) is 119 Å². The van der Waals surface area contributed by atoms with E-state index in [1.165, 1.54) is 5.56 Å². The minimum Gasteiger partial charge on any atom is -0.445 e. The molecule has 240 valence electrons. The summed E-state index contributed by atoms with van der Waals surface area (Å²) in [6, 6.07) is 25.1. The molecule has 0 aromatic heterocycles. The van der Waals surface area contributed by atoms with Crippen LogP contribution in [0.25, 0.3) is 0 Å². The van der Waals surface area contributed by atoms with Crippen LogP contribution in [0, 0.1) is 0 Å². The molecule has 0 aliphatic heterocycles. The van der Waals surface area contributed by atoms with Crippen molar-refractivity contribution in [1.82, 2.24) is 10.2 Å². The minimum absolute atomic E-state index is 0.0354. The number of carbonyl (C=O) groups excluding carboxylic acids is 2. The van der Waals surface area contributed by atoms with Crippen LogP contribution in [-0.4, -0.2) is 46.5 Å². The lowest BCUT2D eigenvalue weighted by molar-refractivity contribution is 0.0230. The molecule has 0 radical (unpaired) electrons. The lowest BCUT2D eigenvalue weighted by Crippen LogP contribution is -2.53. The number of allylic oxidation sites excluding steroid dienone is 1. The quantitative estimate of drug-likeness (QED) is 0.194. The third kappa shape index (κ3) is 9.44. The first-order valence-electron chi connectivity index (χ1n) is 15.9. The number of alkyl carbamates (subject to hydrolysis) is 1.